The summed E-state index contributed by atoms with van der Waals surface area (Å²) in [6, 6.07) is 11.3. The van der Waals surface area contributed by atoms with Crippen LogP contribution in [0.5, 0.6) is 0 Å². The molecule has 0 bridgehead atoms. The fourth-order valence-electron chi connectivity index (χ4n) is 2.20. The number of thiophene rings is 1. The molecule has 0 aliphatic heterocycles. The average Bonchev–Trinajstić information content (AvgIpc) is 3.19. The average molecular weight is 315 g/mol. The molecule has 2 aromatic heterocycles. The molecule has 3 rings (SSSR count). The topological polar surface area (TPSA) is 33.5 Å². The summed E-state index contributed by atoms with van der Waals surface area (Å²) < 4.78 is 18.7. The van der Waals surface area contributed by atoms with E-state index >= 15 is 0 Å². The first-order valence-corrected chi connectivity index (χ1v) is 7.75. The van der Waals surface area contributed by atoms with E-state index in [-0.39, 0.29) is 5.91 Å². The molecule has 0 aliphatic rings. The Morgan fingerprint density at radius 3 is 2.77 bits per heavy atom. The molecular weight excluding hydrogens is 301 g/mol. The Morgan fingerprint density at radius 2 is 2.09 bits per heavy atom. The van der Waals surface area contributed by atoms with Crippen LogP contribution in [0.3, 0.4) is 0 Å². The van der Waals surface area contributed by atoms with Crippen LogP contribution >= 0.6 is 11.3 Å². The highest BCUT2D eigenvalue weighted by molar-refractivity contribution is 7.07. The Kier molecular flexibility index (Phi) is 4.34. The molecule has 1 aromatic carbocycles. The van der Waals surface area contributed by atoms with E-state index in [1.807, 2.05) is 22.9 Å². The molecule has 0 unspecified atom stereocenters. The fraction of sp³-hybridized carbons (Fsp3) is 0.118. The van der Waals surface area contributed by atoms with Crippen molar-refractivity contribution < 1.29 is 13.6 Å². The van der Waals surface area contributed by atoms with Crippen LogP contribution in [-0.4, -0.2) is 10.8 Å². The monoisotopic (exact) mass is 315 g/mol. The number of amides is 1. The number of furan rings is 1. The summed E-state index contributed by atoms with van der Waals surface area (Å²) in [6.45, 7) is 0.803. The maximum atomic E-state index is 13.4. The minimum Gasteiger partial charge on any atom is -0.467 e. The second-order valence-electron chi connectivity index (χ2n) is 4.88. The van der Waals surface area contributed by atoms with E-state index in [4.69, 9.17) is 4.42 Å². The number of benzene rings is 1. The molecule has 2 heterocycles. The van der Waals surface area contributed by atoms with Crippen LogP contribution in [0.25, 0.3) is 0 Å². The quantitative estimate of drug-likeness (QED) is 0.702. The second kappa shape index (κ2) is 6.58. The maximum Gasteiger partial charge on any atom is 0.254 e. The lowest BCUT2D eigenvalue weighted by molar-refractivity contribution is 0.0717. The normalized spacial score (nSPS) is 10.6. The molecule has 0 spiro atoms. The Hall–Kier alpha value is -2.40. The molecule has 3 aromatic rings. The number of carbonyl (C=O) groups excluding carboxylic acids is 1. The lowest BCUT2D eigenvalue weighted by atomic mass is 10.1. The summed E-state index contributed by atoms with van der Waals surface area (Å²) in [5.74, 6) is 0.0569. The zero-order valence-electron chi connectivity index (χ0n) is 11.7. The lowest BCUT2D eigenvalue weighted by Gasteiger charge is -2.21. The van der Waals surface area contributed by atoms with Crippen molar-refractivity contribution in [2.24, 2.45) is 0 Å². The summed E-state index contributed by atoms with van der Waals surface area (Å²) in [4.78, 5) is 14.3. The summed E-state index contributed by atoms with van der Waals surface area (Å²) in [7, 11) is 0. The lowest BCUT2D eigenvalue weighted by Crippen LogP contribution is -2.29. The van der Waals surface area contributed by atoms with Gasteiger partial charge in [0.25, 0.3) is 5.91 Å². The predicted octanol–water partition coefficient (Wildman–Crippen LogP) is 4.32. The van der Waals surface area contributed by atoms with Crippen molar-refractivity contribution in [1.82, 2.24) is 4.90 Å². The molecular formula is C17H14FNO2S. The van der Waals surface area contributed by atoms with Gasteiger partial charge in [0.05, 0.1) is 12.8 Å². The second-order valence-corrected chi connectivity index (χ2v) is 5.66. The van der Waals surface area contributed by atoms with Crippen molar-refractivity contribution >= 4 is 17.2 Å². The molecule has 0 radical (unpaired) electrons. The van der Waals surface area contributed by atoms with E-state index in [2.05, 4.69) is 0 Å². The van der Waals surface area contributed by atoms with Gasteiger partial charge in [-0.3, -0.25) is 4.79 Å². The largest absolute Gasteiger partial charge is 0.467 e. The number of halogens is 1. The van der Waals surface area contributed by atoms with Gasteiger partial charge in [-0.1, -0.05) is 6.07 Å². The standard InChI is InChI=1S/C17H14FNO2S/c18-15-4-1-3-14(9-15)17(20)19(10-13-6-8-22-12-13)11-16-5-2-7-21-16/h1-9,12H,10-11H2. The van der Waals surface area contributed by atoms with Gasteiger partial charge in [0.15, 0.2) is 0 Å². The van der Waals surface area contributed by atoms with E-state index in [1.54, 1.807) is 34.6 Å². The van der Waals surface area contributed by atoms with Crippen molar-refractivity contribution in [3.05, 3.63) is 82.2 Å². The first-order chi connectivity index (χ1) is 10.7. The van der Waals surface area contributed by atoms with Crippen LogP contribution in [0.1, 0.15) is 21.7 Å². The van der Waals surface area contributed by atoms with Gasteiger partial charge in [-0.05, 0) is 52.7 Å². The van der Waals surface area contributed by atoms with Gasteiger partial charge in [0, 0.05) is 12.1 Å². The van der Waals surface area contributed by atoms with E-state index in [1.165, 1.54) is 18.2 Å². The minimum atomic E-state index is -0.417. The third kappa shape index (κ3) is 3.43. The van der Waals surface area contributed by atoms with E-state index < -0.39 is 5.82 Å². The first-order valence-electron chi connectivity index (χ1n) is 6.80. The van der Waals surface area contributed by atoms with Crippen molar-refractivity contribution in [3.8, 4) is 0 Å². The molecule has 22 heavy (non-hydrogen) atoms. The third-order valence-corrected chi connectivity index (χ3v) is 3.97. The third-order valence-electron chi connectivity index (χ3n) is 3.24. The molecule has 5 heteroatoms. The van der Waals surface area contributed by atoms with Crippen molar-refractivity contribution in [1.29, 1.82) is 0 Å². The van der Waals surface area contributed by atoms with Gasteiger partial charge in [-0.25, -0.2) is 4.39 Å². The number of hydrogen-bond donors (Lipinski definition) is 0. The molecule has 0 aliphatic carbocycles. The zero-order chi connectivity index (χ0) is 15.4. The van der Waals surface area contributed by atoms with Crippen LogP contribution in [0.15, 0.2) is 63.9 Å². The highest BCUT2D eigenvalue weighted by atomic mass is 32.1. The molecule has 1 amide bonds. The highest BCUT2D eigenvalue weighted by Gasteiger charge is 2.18. The van der Waals surface area contributed by atoms with Gasteiger partial charge in [-0.2, -0.15) is 11.3 Å². The van der Waals surface area contributed by atoms with E-state index in [0.717, 1.165) is 5.56 Å². The number of rotatable bonds is 5. The first kappa shape index (κ1) is 14.5. The summed E-state index contributed by atoms with van der Waals surface area (Å²) >= 11 is 1.58. The number of hydrogen-bond acceptors (Lipinski definition) is 3. The van der Waals surface area contributed by atoms with Crippen molar-refractivity contribution in [3.63, 3.8) is 0 Å². The van der Waals surface area contributed by atoms with Gasteiger partial charge < -0.3 is 9.32 Å². The van der Waals surface area contributed by atoms with E-state index in [0.29, 0.717) is 24.4 Å². The molecule has 0 fully saturated rings. The fourth-order valence-corrected chi connectivity index (χ4v) is 2.86. The SMILES string of the molecule is O=C(c1cccc(F)c1)N(Cc1ccsc1)Cc1ccco1. The predicted molar refractivity (Wildman–Crippen MR) is 83.0 cm³/mol. The van der Waals surface area contributed by atoms with Gasteiger partial charge in [-0.15, -0.1) is 0 Å². The van der Waals surface area contributed by atoms with Crippen LogP contribution in [-0.2, 0) is 13.1 Å². The summed E-state index contributed by atoms with van der Waals surface area (Å²) in [6.07, 6.45) is 1.57. The molecule has 0 atom stereocenters. The highest BCUT2D eigenvalue weighted by Crippen LogP contribution is 2.16. The Bertz CT molecular complexity index is 702. The van der Waals surface area contributed by atoms with Gasteiger partial charge in [0.1, 0.15) is 11.6 Å². The molecule has 0 saturated carbocycles. The Balaban J connectivity index is 1.85. The van der Waals surface area contributed by atoms with Crippen molar-refractivity contribution in [2.75, 3.05) is 0 Å². The smallest absolute Gasteiger partial charge is 0.254 e. The number of nitrogens with zero attached hydrogens (tertiary/aromatic N) is 1. The Morgan fingerprint density at radius 1 is 1.18 bits per heavy atom. The van der Waals surface area contributed by atoms with Gasteiger partial charge >= 0.3 is 0 Å². The molecule has 112 valence electrons. The summed E-state index contributed by atoms with van der Waals surface area (Å²) in [5.41, 5.74) is 1.38. The van der Waals surface area contributed by atoms with E-state index in [9.17, 15) is 9.18 Å². The van der Waals surface area contributed by atoms with Gasteiger partial charge in [0.2, 0.25) is 0 Å². The Labute approximate surface area is 131 Å². The minimum absolute atomic E-state index is 0.220. The van der Waals surface area contributed by atoms with Crippen LogP contribution in [0, 0.1) is 5.82 Å². The molecule has 3 nitrogen and oxygen atoms in total. The molecule has 0 N–H and O–H groups in total. The number of carbonyl (C=O) groups is 1. The van der Waals surface area contributed by atoms with Crippen LogP contribution < -0.4 is 0 Å². The summed E-state index contributed by atoms with van der Waals surface area (Å²) in [5, 5.41) is 3.96. The van der Waals surface area contributed by atoms with Crippen LogP contribution in [0.2, 0.25) is 0 Å². The maximum absolute atomic E-state index is 13.4. The van der Waals surface area contributed by atoms with Crippen molar-refractivity contribution in [2.45, 2.75) is 13.1 Å². The van der Waals surface area contributed by atoms with Crippen LogP contribution in [0.4, 0.5) is 4.39 Å². The molecule has 0 saturated heterocycles. The zero-order valence-corrected chi connectivity index (χ0v) is 12.6.